The van der Waals surface area contributed by atoms with Crippen LogP contribution in [0.2, 0.25) is 0 Å². The normalized spacial score (nSPS) is 32.4. The highest BCUT2D eigenvalue weighted by Gasteiger charge is 2.36. The van der Waals surface area contributed by atoms with E-state index < -0.39 is 10.0 Å². The minimum Gasteiger partial charge on any atom is -0.375 e. The zero-order valence-corrected chi connectivity index (χ0v) is 12.2. The van der Waals surface area contributed by atoms with E-state index in [9.17, 15) is 8.42 Å². The lowest BCUT2D eigenvalue weighted by molar-refractivity contribution is -0.0173. The molecule has 2 fully saturated rings. The molecule has 1 saturated carbocycles. The molecule has 0 amide bonds. The molecule has 0 bridgehead atoms. The highest BCUT2D eigenvalue weighted by molar-refractivity contribution is 7.89. The Balaban J connectivity index is 1.98. The molecule has 3 unspecified atom stereocenters. The third-order valence-electron chi connectivity index (χ3n) is 3.66. The van der Waals surface area contributed by atoms with Crippen LogP contribution in [-0.2, 0) is 14.8 Å². The first-order chi connectivity index (χ1) is 8.41. The molecular weight excluding hydrogens is 252 g/mol. The highest BCUT2D eigenvalue weighted by atomic mass is 32.2. The Labute approximate surface area is 110 Å². The van der Waals surface area contributed by atoms with Crippen LogP contribution >= 0.6 is 0 Å². The lowest BCUT2D eigenvalue weighted by atomic mass is 10.2. The number of morpholine rings is 1. The van der Waals surface area contributed by atoms with Gasteiger partial charge in [0, 0.05) is 25.2 Å². The molecule has 2 rings (SSSR count). The lowest BCUT2D eigenvalue weighted by Crippen LogP contribution is -2.53. The van der Waals surface area contributed by atoms with Gasteiger partial charge in [0.1, 0.15) is 0 Å². The van der Waals surface area contributed by atoms with E-state index >= 15 is 0 Å². The van der Waals surface area contributed by atoms with Crippen molar-refractivity contribution in [2.24, 2.45) is 0 Å². The summed E-state index contributed by atoms with van der Waals surface area (Å²) in [7, 11) is -3.22. The third kappa shape index (κ3) is 3.23. The van der Waals surface area contributed by atoms with Gasteiger partial charge >= 0.3 is 0 Å². The summed E-state index contributed by atoms with van der Waals surface area (Å²) < 4.78 is 32.1. The van der Waals surface area contributed by atoms with E-state index in [0.717, 1.165) is 0 Å². The summed E-state index contributed by atoms with van der Waals surface area (Å²) in [6, 6.07) is 0.485. The molecule has 0 radical (unpaired) electrons. The van der Waals surface area contributed by atoms with E-state index in [2.05, 4.69) is 5.32 Å². The number of rotatable bonds is 5. The molecule has 0 aromatic heterocycles. The van der Waals surface area contributed by atoms with Gasteiger partial charge in [-0.05, 0) is 33.6 Å². The molecule has 18 heavy (non-hydrogen) atoms. The maximum Gasteiger partial charge on any atom is 0.218 e. The smallest absolute Gasteiger partial charge is 0.218 e. The van der Waals surface area contributed by atoms with Crippen LogP contribution in [0.25, 0.3) is 0 Å². The van der Waals surface area contributed by atoms with Crippen LogP contribution in [0.4, 0.5) is 0 Å². The number of hydrogen-bond acceptors (Lipinski definition) is 4. The van der Waals surface area contributed by atoms with Crippen molar-refractivity contribution in [1.82, 2.24) is 9.62 Å². The van der Waals surface area contributed by atoms with E-state index in [0.29, 0.717) is 25.7 Å². The number of nitrogens with one attached hydrogen (secondary N) is 1. The van der Waals surface area contributed by atoms with Crippen LogP contribution in [0.1, 0.15) is 33.6 Å². The molecule has 0 aromatic rings. The molecule has 1 aliphatic heterocycles. The summed E-state index contributed by atoms with van der Waals surface area (Å²) in [4.78, 5) is 0. The first-order valence-electron chi connectivity index (χ1n) is 6.77. The van der Waals surface area contributed by atoms with Crippen LogP contribution in [0.3, 0.4) is 0 Å². The molecule has 1 aliphatic carbocycles. The Hall–Kier alpha value is -0.170. The Morgan fingerprint density at radius 1 is 1.39 bits per heavy atom. The van der Waals surface area contributed by atoms with Crippen molar-refractivity contribution in [3.8, 4) is 0 Å². The van der Waals surface area contributed by atoms with Gasteiger partial charge in [0.25, 0.3) is 0 Å². The lowest BCUT2D eigenvalue weighted by Gasteiger charge is -2.37. The van der Waals surface area contributed by atoms with E-state index in [4.69, 9.17) is 4.74 Å². The first-order valence-corrected chi connectivity index (χ1v) is 8.27. The van der Waals surface area contributed by atoms with Crippen LogP contribution < -0.4 is 5.32 Å². The summed E-state index contributed by atoms with van der Waals surface area (Å²) in [5.74, 6) is 0. The van der Waals surface area contributed by atoms with Crippen LogP contribution in [0.15, 0.2) is 0 Å². The number of ether oxygens (including phenoxy) is 1. The Kier molecular flexibility index (Phi) is 4.31. The van der Waals surface area contributed by atoms with Crippen molar-refractivity contribution >= 4 is 10.0 Å². The van der Waals surface area contributed by atoms with Crippen molar-refractivity contribution in [3.63, 3.8) is 0 Å². The first kappa shape index (κ1) is 14.2. The average Bonchev–Trinajstić information content (AvgIpc) is 3.12. The van der Waals surface area contributed by atoms with Gasteiger partial charge in [-0.15, -0.1) is 0 Å². The summed E-state index contributed by atoms with van der Waals surface area (Å²) in [5.41, 5.74) is 0. The van der Waals surface area contributed by atoms with Crippen molar-refractivity contribution in [1.29, 1.82) is 0 Å². The van der Waals surface area contributed by atoms with E-state index in [-0.39, 0.29) is 17.4 Å². The highest BCUT2D eigenvalue weighted by Crippen LogP contribution is 2.21. The second-order valence-electron chi connectivity index (χ2n) is 5.60. The molecule has 0 spiro atoms. The molecule has 6 heteroatoms. The fraction of sp³-hybridized carbons (Fsp3) is 1.00. The second kappa shape index (κ2) is 5.45. The number of sulfonamides is 1. The van der Waals surface area contributed by atoms with Gasteiger partial charge in [0.05, 0.1) is 18.0 Å². The predicted octanol–water partition coefficient (Wildman–Crippen LogP) is 0.566. The zero-order valence-electron chi connectivity index (χ0n) is 11.4. The summed E-state index contributed by atoms with van der Waals surface area (Å²) >= 11 is 0. The maximum absolute atomic E-state index is 12.5. The Bertz CT molecular complexity index is 381. The van der Waals surface area contributed by atoms with Gasteiger partial charge in [-0.1, -0.05) is 0 Å². The van der Waals surface area contributed by atoms with E-state index in [1.54, 1.807) is 11.2 Å². The Morgan fingerprint density at radius 3 is 2.67 bits per heavy atom. The minimum absolute atomic E-state index is 0.0143. The molecule has 1 heterocycles. The van der Waals surface area contributed by atoms with Crippen molar-refractivity contribution < 1.29 is 13.2 Å². The summed E-state index contributed by atoms with van der Waals surface area (Å²) in [5, 5.41) is 2.92. The molecule has 1 N–H and O–H groups in total. The molecule has 5 nitrogen and oxygen atoms in total. The molecule has 106 valence electrons. The largest absolute Gasteiger partial charge is 0.375 e. The van der Waals surface area contributed by atoms with Gasteiger partial charge < -0.3 is 10.1 Å². The van der Waals surface area contributed by atoms with Crippen LogP contribution in [-0.4, -0.2) is 55.9 Å². The van der Waals surface area contributed by atoms with Crippen molar-refractivity contribution in [3.05, 3.63) is 0 Å². The van der Waals surface area contributed by atoms with Crippen LogP contribution in [0, 0.1) is 0 Å². The average molecular weight is 276 g/mol. The topological polar surface area (TPSA) is 58.6 Å². The monoisotopic (exact) mass is 276 g/mol. The SMILES string of the molecule is CC1CN(S(=O)(=O)C(C)CNC2CC2)C(C)CO1. The summed E-state index contributed by atoms with van der Waals surface area (Å²) in [6.45, 7) is 7.12. The Morgan fingerprint density at radius 2 is 2.06 bits per heavy atom. The van der Waals surface area contributed by atoms with Crippen LogP contribution in [0.5, 0.6) is 0 Å². The second-order valence-corrected chi connectivity index (χ2v) is 7.90. The third-order valence-corrected chi connectivity index (χ3v) is 6.00. The van der Waals surface area contributed by atoms with Gasteiger partial charge in [-0.3, -0.25) is 0 Å². The molecular formula is C12H24N2O3S. The number of nitrogens with zero attached hydrogens (tertiary/aromatic N) is 1. The minimum atomic E-state index is -3.22. The molecule has 2 aliphatic rings. The number of hydrogen-bond donors (Lipinski definition) is 1. The van der Waals surface area contributed by atoms with E-state index in [1.165, 1.54) is 12.8 Å². The zero-order chi connectivity index (χ0) is 13.3. The predicted molar refractivity (Wildman–Crippen MR) is 71.0 cm³/mol. The summed E-state index contributed by atoms with van der Waals surface area (Å²) in [6.07, 6.45) is 2.34. The van der Waals surface area contributed by atoms with Gasteiger partial charge in [-0.25, -0.2) is 8.42 Å². The fourth-order valence-corrected chi connectivity index (χ4v) is 3.93. The fourth-order valence-electron chi connectivity index (χ4n) is 2.18. The van der Waals surface area contributed by atoms with Crippen molar-refractivity contribution in [2.45, 2.75) is 57.1 Å². The van der Waals surface area contributed by atoms with Gasteiger partial charge in [0.2, 0.25) is 10.0 Å². The van der Waals surface area contributed by atoms with Gasteiger partial charge in [-0.2, -0.15) is 4.31 Å². The molecule has 3 atom stereocenters. The molecule has 1 saturated heterocycles. The van der Waals surface area contributed by atoms with E-state index in [1.807, 2.05) is 13.8 Å². The van der Waals surface area contributed by atoms with Gasteiger partial charge in [0.15, 0.2) is 0 Å². The molecule has 0 aromatic carbocycles. The quantitative estimate of drug-likeness (QED) is 0.797. The maximum atomic E-state index is 12.5. The van der Waals surface area contributed by atoms with Crippen molar-refractivity contribution in [2.75, 3.05) is 19.7 Å². The standard InChI is InChI=1S/C12H24N2O3S/c1-9-8-17-10(2)7-14(9)18(15,16)11(3)6-13-12-4-5-12/h9-13H,4-8H2,1-3H3.